The Labute approximate surface area is 91.8 Å². The Balaban J connectivity index is 3.07. The van der Waals surface area contributed by atoms with E-state index < -0.39 is 5.97 Å². The molecule has 1 rings (SSSR count). The van der Waals surface area contributed by atoms with Crippen molar-refractivity contribution in [3.63, 3.8) is 0 Å². The van der Waals surface area contributed by atoms with Crippen molar-refractivity contribution in [2.45, 2.75) is 6.92 Å². The number of benzene rings is 1. The van der Waals surface area contributed by atoms with E-state index in [1.165, 1.54) is 6.08 Å². The molecule has 0 spiro atoms. The van der Waals surface area contributed by atoms with Gasteiger partial charge in [0.05, 0.1) is 10.0 Å². The summed E-state index contributed by atoms with van der Waals surface area (Å²) in [6.07, 6.45) is 2.52. The second-order valence-electron chi connectivity index (χ2n) is 2.81. The zero-order chi connectivity index (χ0) is 10.7. The molecule has 0 aliphatic carbocycles. The van der Waals surface area contributed by atoms with Gasteiger partial charge in [0.1, 0.15) is 0 Å². The molecule has 1 aromatic carbocycles. The summed E-state index contributed by atoms with van der Waals surface area (Å²) >= 11 is 11.7. The molecule has 0 atom stereocenters. The summed E-state index contributed by atoms with van der Waals surface area (Å²) in [5.41, 5.74) is 1.54. The first-order valence-electron chi connectivity index (χ1n) is 3.87. The first-order chi connectivity index (χ1) is 6.50. The van der Waals surface area contributed by atoms with E-state index >= 15 is 0 Å². The van der Waals surface area contributed by atoms with Crippen LogP contribution in [0, 0.1) is 6.92 Å². The summed E-state index contributed by atoms with van der Waals surface area (Å²) in [7, 11) is 0. The van der Waals surface area contributed by atoms with Crippen LogP contribution in [-0.2, 0) is 4.79 Å². The molecule has 0 amide bonds. The molecule has 14 heavy (non-hydrogen) atoms. The highest BCUT2D eigenvalue weighted by Crippen LogP contribution is 2.27. The predicted molar refractivity (Wildman–Crippen MR) is 57.9 cm³/mol. The maximum atomic E-state index is 10.3. The summed E-state index contributed by atoms with van der Waals surface area (Å²) in [5.74, 6) is -0.992. The third-order valence-electron chi connectivity index (χ3n) is 1.65. The lowest BCUT2D eigenvalue weighted by molar-refractivity contribution is -0.131. The second kappa shape index (κ2) is 4.49. The molecule has 0 fully saturated rings. The summed E-state index contributed by atoms with van der Waals surface area (Å²) in [6, 6.07) is 3.39. The van der Waals surface area contributed by atoms with Crippen molar-refractivity contribution in [2.24, 2.45) is 0 Å². The molecule has 1 aromatic rings. The highest BCUT2D eigenvalue weighted by Gasteiger charge is 2.02. The number of aliphatic carboxylic acids is 1. The van der Waals surface area contributed by atoms with Gasteiger partial charge in [0.2, 0.25) is 0 Å². The van der Waals surface area contributed by atoms with Crippen LogP contribution in [0.15, 0.2) is 18.2 Å². The molecule has 4 heteroatoms. The van der Waals surface area contributed by atoms with Crippen LogP contribution in [0.25, 0.3) is 6.08 Å². The van der Waals surface area contributed by atoms with E-state index in [4.69, 9.17) is 28.3 Å². The minimum absolute atomic E-state index is 0.428. The largest absolute Gasteiger partial charge is 0.478 e. The van der Waals surface area contributed by atoms with Crippen molar-refractivity contribution in [1.82, 2.24) is 0 Å². The lowest BCUT2D eigenvalue weighted by atomic mass is 10.1. The summed E-state index contributed by atoms with van der Waals surface area (Å²) in [5, 5.41) is 9.35. The number of carboxylic acids is 1. The van der Waals surface area contributed by atoms with Crippen LogP contribution in [0.1, 0.15) is 11.1 Å². The van der Waals surface area contributed by atoms with E-state index in [1.807, 2.05) is 6.92 Å². The van der Waals surface area contributed by atoms with Gasteiger partial charge in [0, 0.05) is 6.08 Å². The van der Waals surface area contributed by atoms with Gasteiger partial charge >= 0.3 is 5.97 Å². The van der Waals surface area contributed by atoms with E-state index in [0.29, 0.717) is 10.0 Å². The topological polar surface area (TPSA) is 37.3 Å². The fourth-order valence-electron chi connectivity index (χ4n) is 1.02. The maximum Gasteiger partial charge on any atom is 0.328 e. The van der Waals surface area contributed by atoms with Gasteiger partial charge in [-0.3, -0.25) is 0 Å². The van der Waals surface area contributed by atoms with Gasteiger partial charge in [-0.05, 0) is 30.2 Å². The van der Waals surface area contributed by atoms with Gasteiger partial charge in [0.25, 0.3) is 0 Å². The third-order valence-corrected chi connectivity index (χ3v) is 2.55. The Morgan fingerprint density at radius 3 is 2.57 bits per heavy atom. The van der Waals surface area contributed by atoms with E-state index in [1.54, 1.807) is 12.1 Å². The number of rotatable bonds is 2. The van der Waals surface area contributed by atoms with E-state index in [0.717, 1.165) is 17.2 Å². The molecule has 0 saturated heterocycles. The molecule has 2 nitrogen and oxygen atoms in total. The molecule has 1 N–H and O–H groups in total. The standard InChI is InChI=1S/C10H8Cl2O2/c1-6-4-7(2-3-9(13)14)5-8(11)10(6)12/h2-5H,1H3,(H,13,14). The van der Waals surface area contributed by atoms with Gasteiger partial charge < -0.3 is 5.11 Å². The predicted octanol–water partition coefficient (Wildman–Crippen LogP) is 3.40. The van der Waals surface area contributed by atoms with Crippen LogP contribution in [0.4, 0.5) is 0 Å². The average molecular weight is 231 g/mol. The van der Waals surface area contributed by atoms with Crippen LogP contribution in [0.5, 0.6) is 0 Å². The quantitative estimate of drug-likeness (QED) is 0.792. The molecule has 0 heterocycles. The molecule has 0 aliphatic rings. The van der Waals surface area contributed by atoms with E-state index in [2.05, 4.69) is 0 Å². The zero-order valence-electron chi connectivity index (χ0n) is 7.42. The molecule has 0 aromatic heterocycles. The Morgan fingerprint density at radius 2 is 2.07 bits per heavy atom. The summed E-state index contributed by atoms with van der Waals surface area (Å²) < 4.78 is 0. The third kappa shape index (κ3) is 2.76. The van der Waals surface area contributed by atoms with Gasteiger partial charge in [-0.15, -0.1) is 0 Å². The van der Waals surface area contributed by atoms with Crippen molar-refractivity contribution in [1.29, 1.82) is 0 Å². The number of aryl methyl sites for hydroxylation is 1. The van der Waals surface area contributed by atoms with E-state index in [-0.39, 0.29) is 0 Å². The van der Waals surface area contributed by atoms with Gasteiger partial charge in [-0.2, -0.15) is 0 Å². The normalized spacial score (nSPS) is 10.8. The fourth-order valence-corrected chi connectivity index (χ4v) is 1.40. The Morgan fingerprint density at radius 1 is 1.43 bits per heavy atom. The SMILES string of the molecule is Cc1cc(C=CC(=O)O)cc(Cl)c1Cl. The second-order valence-corrected chi connectivity index (χ2v) is 3.59. The smallest absolute Gasteiger partial charge is 0.328 e. The number of hydrogen-bond donors (Lipinski definition) is 1. The number of halogens is 2. The minimum atomic E-state index is -0.992. The first-order valence-corrected chi connectivity index (χ1v) is 4.63. The Hall–Kier alpha value is -0.990. The molecule has 0 saturated carbocycles. The van der Waals surface area contributed by atoms with Gasteiger partial charge in [-0.25, -0.2) is 4.79 Å². The average Bonchev–Trinajstić information content (AvgIpc) is 2.10. The maximum absolute atomic E-state index is 10.3. The van der Waals surface area contributed by atoms with Crippen LogP contribution in [-0.4, -0.2) is 11.1 Å². The van der Waals surface area contributed by atoms with Crippen molar-refractivity contribution >= 4 is 35.2 Å². The van der Waals surface area contributed by atoms with Crippen LogP contribution >= 0.6 is 23.2 Å². The Kier molecular flexibility index (Phi) is 3.55. The number of hydrogen-bond acceptors (Lipinski definition) is 1. The lowest BCUT2D eigenvalue weighted by Crippen LogP contribution is -1.86. The highest BCUT2D eigenvalue weighted by molar-refractivity contribution is 6.42. The molecular weight excluding hydrogens is 223 g/mol. The van der Waals surface area contributed by atoms with E-state index in [9.17, 15) is 4.79 Å². The summed E-state index contributed by atoms with van der Waals surface area (Å²) in [4.78, 5) is 10.3. The minimum Gasteiger partial charge on any atom is -0.478 e. The fraction of sp³-hybridized carbons (Fsp3) is 0.100. The lowest BCUT2D eigenvalue weighted by Gasteiger charge is -2.02. The molecule has 0 unspecified atom stereocenters. The molecule has 0 aliphatic heterocycles. The zero-order valence-corrected chi connectivity index (χ0v) is 8.93. The summed E-state index contributed by atoms with van der Waals surface area (Å²) in [6.45, 7) is 1.81. The van der Waals surface area contributed by atoms with Crippen molar-refractivity contribution in [3.05, 3.63) is 39.4 Å². The van der Waals surface area contributed by atoms with Crippen LogP contribution in [0.2, 0.25) is 10.0 Å². The highest BCUT2D eigenvalue weighted by atomic mass is 35.5. The van der Waals surface area contributed by atoms with Gasteiger partial charge in [0.15, 0.2) is 0 Å². The first kappa shape index (κ1) is 11.1. The molecular formula is C10H8Cl2O2. The van der Waals surface area contributed by atoms with Crippen molar-refractivity contribution in [3.8, 4) is 0 Å². The van der Waals surface area contributed by atoms with Crippen molar-refractivity contribution in [2.75, 3.05) is 0 Å². The molecule has 74 valence electrons. The van der Waals surface area contributed by atoms with Crippen LogP contribution < -0.4 is 0 Å². The Bertz CT molecular complexity index is 374. The molecule has 0 radical (unpaired) electrons. The van der Waals surface area contributed by atoms with Crippen LogP contribution in [0.3, 0.4) is 0 Å². The molecule has 0 bridgehead atoms. The monoisotopic (exact) mass is 230 g/mol. The number of carboxylic acid groups (broad SMARTS) is 1. The number of carbonyl (C=O) groups is 1. The van der Waals surface area contributed by atoms with Crippen molar-refractivity contribution < 1.29 is 9.90 Å². The van der Waals surface area contributed by atoms with Gasteiger partial charge in [-0.1, -0.05) is 29.3 Å².